The maximum Gasteiger partial charge on any atom is 0.303 e. The van der Waals surface area contributed by atoms with E-state index in [4.69, 9.17) is 5.11 Å². The number of anilines is 1. The lowest BCUT2D eigenvalue weighted by Crippen LogP contribution is -2.37. The van der Waals surface area contributed by atoms with Crippen LogP contribution in [0.1, 0.15) is 50.5 Å². The van der Waals surface area contributed by atoms with Gasteiger partial charge in [0.1, 0.15) is 0 Å². The van der Waals surface area contributed by atoms with Gasteiger partial charge in [-0.25, -0.2) is 0 Å². The van der Waals surface area contributed by atoms with Crippen LogP contribution in [-0.2, 0) is 30.5 Å². The summed E-state index contributed by atoms with van der Waals surface area (Å²) in [4.78, 5) is 28.4. The van der Waals surface area contributed by atoms with E-state index in [1.165, 1.54) is 28.8 Å². The maximum atomic E-state index is 13.2. The van der Waals surface area contributed by atoms with Gasteiger partial charge in [0.2, 0.25) is 0 Å². The highest BCUT2D eigenvalue weighted by Gasteiger charge is 2.33. The Morgan fingerprint density at radius 1 is 1.19 bits per heavy atom. The Kier molecular flexibility index (Phi) is 4.88. The summed E-state index contributed by atoms with van der Waals surface area (Å²) in [6.07, 6.45) is 5.99. The maximum absolute atomic E-state index is 13.2. The number of thiophene rings is 1. The molecule has 136 valence electrons. The predicted molar refractivity (Wildman–Crippen MR) is 106 cm³/mol. The quantitative estimate of drug-likeness (QED) is 0.765. The minimum absolute atomic E-state index is 0.0518. The second-order valence-electron chi connectivity index (χ2n) is 6.86. The molecule has 0 unspecified atom stereocenters. The minimum atomic E-state index is -0.829. The van der Waals surface area contributed by atoms with Crippen molar-refractivity contribution in [2.45, 2.75) is 44.9 Å². The Bertz CT molecular complexity index is 889. The Morgan fingerprint density at radius 2 is 2.00 bits per heavy atom. The number of aliphatic carboxylic acids is 1. The van der Waals surface area contributed by atoms with E-state index in [1.54, 1.807) is 11.3 Å². The summed E-state index contributed by atoms with van der Waals surface area (Å²) in [7, 11) is 0. The topological polar surface area (TPSA) is 57.6 Å². The molecule has 1 N–H and O–H groups in total. The number of halogens is 1. The lowest BCUT2D eigenvalue weighted by atomic mass is 9.91. The van der Waals surface area contributed by atoms with Crippen molar-refractivity contribution in [3.8, 4) is 0 Å². The van der Waals surface area contributed by atoms with Crippen molar-refractivity contribution in [2.24, 2.45) is 0 Å². The number of hydrogen-bond acceptors (Lipinski definition) is 3. The van der Waals surface area contributed by atoms with Gasteiger partial charge in [-0.15, -0.1) is 11.3 Å². The number of aryl methyl sites for hydroxylation is 1. The molecule has 2 aromatic rings. The van der Waals surface area contributed by atoms with Crippen molar-refractivity contribution in [2.75, 3.05) is 11.4 Å². The molecule has 1 aromatic heterocycles. The Morgan fingerprint density at radius 3 is 2.81 bits per heavy atom. The molecule has 0 bridgehead atoms. The third-order valence-electron chi connectivity index (χ3n) is 5.28. The normalized spacial score (nSPS) is 16.3. The monoisotopic (exact) mass is 433 g/mol. The number of carboxylic acid groups (broad SMARTS) is 1. The fourth-order valence-corrected chi connectivity index (χ4v) is 5.97. The zero-order chi connectivity index (χ0) is 18.3. The van der Waals surface area contributed by atoms with E-state index in [0.29, 0.717) is 13.0 Å². The van der Waals surface area contributed by atoms with Crippen molar-refractivity contribution in [1.29, 1.82) is 0 Å². The number of fused-ring (bicyclic) bond motifs is 3. The van der Waals surface area contributed by atoms with E-state index < -0.39 is 5.97 Å². The van der Waals surface area contributed by atoms with Crippen LogP contribution in [0.25, 0.3) is 0 Å². The number of carboxylic acids is 1. The minimum Gasteiger partial charge on any atom is -0.481 e. The Hall–Kier alpha value is -1.66. The second kappa shape index (κ2) is 7.16. The van der Waals surface area contributed by atoms with Crippen molar-refractivity contribution >= 4 is 44.8 Å². The third kappa shape index (κ3) is 3.09. The smallest absolute Gasteiger partial charge is 0.303 e. The van der Waals surface area contributed by atoms with Crippen LogP contribution in [-0.4, -0.2) is 23.5 Å². The van der Waals surface area contributed by atoms with Gasteiger partial charge in [-0.1, -0.05) is 22.0 Å². The molecule has 0 atom stereocenters. The molecule has 1 aliphatic heterocycles. The summed E-state index contributed by atoms with van der Waals surface area (Å²) in [5.41, 5.74) is 4.44. The summed E-state index contributed by atoms with van der Waals surface area (Å²) < 4.78 is 0.861. The molecular weight excluding hydrogens is 414 g/mol. The van der Waals surface area contributed by atoms with Gasteiger partial charge in [-0.2, -0.15) is 0 Å². The van der Waals surface area contributed by atoms with Crippen molar-refractivity contribution in [1.82, 2.24) is 0 Å². The Balaban J connectivity index is 1.70. The van der Waals surface area contributed by atoms with Gasteiger partial charge < -0.3 is 10.0 Å². The fraction of sp³-hybridized carbons (Fsp3) is 0.400. The standard InChI is InChI=1S/C20H20BrNO3S/c21-15-5-3-6-16(14(15)8-9-18(23)24)22-11-10-13-12-4-1-2-7-17(12)26-19(13)20(22)25/h3,5-6H,1-2,4,7-11H2,(H,23,24). The molecule has 0 saturated carbocycles. The first kappa shape index (κ1) is 17.7. The molecule has 1 aromatic carbocycles. The van der Waals surface area contributed by atoms with E-state index in [0.717, 1.165) is 39.9 Å². The van der Waals surface area contributed by atoms with Crippen LogP contribution >= 0.6 is 27.3 Å². The highest BCUT2D eigenvalue weighted by molar-refractivity contribution is 9.10. The summed E-state index contributed by atoms with van der Waals surface area (Å²) in [5.74, 6) is -0.759. The first-order valence-corrected chi connectivity index (χ1v) is 10.6. The van der Waals surface area contributed by atoms with Crippen molar-refractivity contribution in [3.63, 3.8) is 0 Å². The number of amides is 1. The second-order valence-corrected chi connectivity index (χ2v) is 8.82. The lowest BCUT2D eigenvalue weighted by molar-refractivity contribution is -0.136. The summed E-state index contributed by atoms with van der Waals surface area (Å²) in [5, 5.41) is 9.05. The zero-order valence-electron chi connectivity index (χ0n) is 14.4. The molecule has 1 aliphatic carbocycles. The molecule has 6 heteroatoms. The highest BCUT2D eigenvalue weighted by atomic mass is 79.9. The largest absolute Gasteiger partial charge is 0.481 e. The van der Waals surface area contributed by atoms with Gasteiger partial charge in [-0.3, -0.25) is 9.59 Å². The molecule has 4 nitrogen and oxygen atoms in total. The fourth-order valence-electron chi connectivity index (χ4n) is 4.03. The van der Waals surface area contributed by atoms with Gasteiger partial charge in [0.15, 0.2) is 0 Å². The van der Waals surface area contributed by atoms with E-state index in [-0.39, 0.29) is 12.3 Å². The van der Waals surface area contributed by atoms with E-state index in [2.05, 4.69) is 15.9 Å². The van der Waals surface area contributed by atoms with E-state index in [1.807, 2.05) is 23.1 Å². The van der Waals surface area contributed by atoms with Gasteiger partial charge in [0.05, 0.1) is 4.88 Å². The van der Waals surface area contributed by atoms with E-state index >= 15 is 0 Å². The molecule has 1 amide bonds. The zero-order valence-corrected chi connectivity index (χ0v) is 16.8. The summed E-state index contributed by atoms with van der Waals surface area (Å²) >= 11 is 5.21. The third-order valence-corrected chi connectivity index (χ3v) is 7.34. The number of carbonyl (C=O) groups is 2. The van der Waals surface area contributed by atoms with Gasteiger partial charge in [0.25, 0.3) is 5.91 Å². The van der Waals surface area contributed by atoms with Crippen LogP contribution in [0.4, 0.5) is 5.69 Å². The van der Waals surface area contributed by atoms with Crippen LogP contribution in [0, 0.1) is 0 Å². The molecule has 26 heavy (non-hydrogen) atoms. The number of hydrogen-bond donors (Lipinski definition) is 1. The Labute approximate surface area is 165 Å². The van der Waals surface area contributed by atoms with Crippen molar-refractivity contribution in [3.05, 3.63) is 49.1 Å². The van der Waals surface area contributed by atoms with Gasteiger partial charge in [-0.05, 0) is 67.3 Å². The molecule has 0 radical (unpaired) electrons. The van der Waals surface area contributed by atoms with Crippen molar-refractivity contribution < 1.29 is 14.7 Å². The van der Waals surface area contributed by atoms with Crippen LogP contribution in [0.5, 0.6) is 0 Å². The summed E-state index contributed by atoms with van der Waals surface area (Å²) in [6, 6.07) is 5.74. The van der Waals surface area contributed by atoms with E-state index in [9.17, 15) is 9.59 Å². The average molecular weight is 434 g/mol. The van der Waals surface area contributed by atoms with Crippen LogP contribution in [0.15, 0.2) is 22.7 Å². The molecular formula is C20H20BrNO3S. The SMILES string of the molecule is O=C(O)CCc1c(Br)cccc1N1CCc2c(sc3c2CCCC3)C1=O. The van der Waals surface area contributed by atoms with Crippen LogP contribution < -0.4 is 4.90 Å². The number of nitrogens with zero attached hydrogens (tertiary/aromatic N) is 1. The van der Waals surface area contributed by atoms with Crippen LogP contribution in [0.3, 0.4) is 0 Å². The first-order chi connectivity index (χ1) is 12.6. The lowest BCUT2D eigenvalue weighted by Gasteiger charge is -2.29. The van der Waals surface area contributed by atoms with Crippen LogP contribution in [0.2, 0.25) is 0 Å². The molecule has 4 rings (SSSR count). The molecule has 0 fully saturated rings. The number of benzene rings is 1. The molecule has 2 heterocycles. The molecule has 0 spiro atoms. The predicted octanol–water partition coefficient (Wildman–Crippen LogP) is 4.61. The first-order valence-electron chi connectivity index (χ1n) is 9.00. The number of carbonyl (C=O) groups excluding carboxylic acids is 1. The highest BCUT2D eigenvalue weighted by Crippen LogP contribution is 2.40. The average Bonchev–Trinajstić information content (AvgIpc) is 3.01. The molecule has 2 aliphatic rings. The van der Waals surface area contributed by atoms with Gasteiger partial charge in [0, 0.05) is 28.0 Å². The van der Waals surface area contributed by atoms with Gasteiger partial charge >= 0.3 is 5.97 Å². The number of rotatable bonds is 4. The molecule has 0 saturated heterocycles. The summed E-state index contributed by atoms with van der Waals surface area (Å²) in [6.45, 7) is 0.658.